The molecule has 0 spiro atoms. The fraction of sp³-hybridized carbons (Fsp3) is 0.136. The lowest BCUT2D eigenvalue weighted by Crippen LogP contribution is -2.25. The van der Waals surface area contributed by atoms with Gasteiger partial charge in [0.1, 0.15) is 24.1 Å². The summed E-state index contributed by atoms with van der Waals surface area (Å²) in [5.74, 6) is 1.52. The van der Waals surface area contributed by atoms with Crippen LogP contribution < -0.4 is 10.3 Å². The molecule has 0 fully saturated rings. The van der Waals surface area contributed by atoms with Crippen molar-refractivity contribution in [3.05, 3.63) is 81.6 Å². The maximum absolute atomic E-state index is 13.0. The molecule has 10 heteroatoms. The Morgan fingerprint density at radius 3 is 2.56 bits per heavy atom. The van der Waals surface area contributed by atoms with Crippen molar-refractivity contribution in [2.24, 2.45) is 0 Å². The summed E-state index contributed by atoms with van der Waals surface area (Å²) in [6.45, 7) is 2.59. The third-order valence-electron chi connectivity index (χ3n) is 4.81. The van der Waals surface area contributed by atoms with Crippen LogP contribution in [-0.2, 0) is 6.54 Å². The van der Waals surface area contributed by atoms with E-state index in [9.17, 15) is 4.79 Å². The van der Waals surface area contributed by atoms with Gasteiger partial charge in [-0.25, -0.2) is 9.20 Å². The predicted octanol–water partition coefficient (Wildman–Crippen LogP) is 3.82. The Kier molecular flexibility index (Phi) is 5.28. The van der Waals surface area contributed by atoms with Crippen LogP contribution in [0.15, 0.2) is 74.7 Å². The first kappa shape index (κ1) is 20.1. The fourth-order valence-electron chi connectivity index (χ4n) is 3.24. The molecule has 3 aromatic heterocycles. The van der Waals surface area contributed by atoms with Crippen LogP contribution in [0, 0.1) is 0 Å². The van der Waals surface area contributed by atoms with Gasteiger partial charge in [-0.05, 0) is 61.5 Å². The summed E-state index contributed by atoms with van der Waals surface area (Å²) >= 11 is 3.40. The van der Waals surface area contributed by atoms with Crippen molar-refractivity contribution in [2.75, 3.05) is 6.61 Å². The summed E-state index contributed by atoms with van der Waals surface area (Å²) in [4.78, 5) is 17.3. The zero-order valence-electron chi connectivity index (χ0n) is 17.0. The molecule has 32 heavy (non-hydrogen) atoms. The molecule has 0 unspecified atom stereocenters. The molecular weight excluding hydrogens is 476 g/mol. The lowest BCUT2D eigenvalue weighted by atomic mass is 10.1. The molecule has 0 radical (unpaired) electrons. The third kappa shape index (κ3) is 3.92. The highest BCUT2D eigenvalue weighted by Gasteiger charge is 2.14. The van der Waals surface area contributed by atoms with Crippen LogP contribution in [0.1, 0.15) is 12.8 Å². The van der Waals surface area contributed by atoms with Crippen molar-refractivity contribution in [1.82, 2.24) is 29.5 Å². The molecular formula is C22H17BrN6O3. The zero-order valence-corrected chi connectivity index (χ0v) is 18.6. The van der Waals surface area contributed by atoms with E-state index in [1.807, 2.05) is 55.5 Å². The first-order valence-corrected chi connectivity index (χ1v) is 10.7. The molecule has 0 amide bonds. The van der Waals surface area contributed by atoms with E-state index in [1.54, 1.807) is 6.07 Å². The van der Waals surface area contributed by atoms with Crippen molar-refractivity contribution in [1.29, 1.82) is 0 Å². The maximum Gasteiger partial charge on any atom is 0.293 e. The average Bonchev–Trinajstić information content (AvgIpc) is 3.45. The summed E-state index contributed by atoms with van der Waals surface area (Å²) in [7, 11) is 0. The van der Waals surface area contributed by atoms with Gasteiger partial charge in [-0.15, -0.1) is 0 Å². The molecule has 5 rings (SSSR count). The Hall–Kier alpha value is -3.79. The summed E-state index contributed by atoms with van der Waals surface area (Å²) in [5.41, 5.74) is 2.45. The molecule has 0 N–H and O–H groups in total. The minimum Gasteiger partial charge on any atom is -0.494 e. The largest absolute Gasteiger partial charge is 0.494 e. The van der Waals surface area contributed by atoms with E-state index in [2.05, 4.69) is 36.3 Å². The molecule has 0 atom stereocenters. The van der Waals surface area contributed by atoms with E-state index >= 15 is 0 Å². The molecule has 160 valence electrons. The van der Waals surface area contributed by atoms with Gasteiger partial charge in [0.05, 0.1) is 12.3 Å². The highest BCUT2D eigenvalue weighted by Crippen LogP contribution is 2.22. The molecule has 0 aliphatic carbocycles. The van der Waals surface area contributed by atoms with E-state index in [0.717, 1.165) is 21.3 Å². The predicted molar refractivity (Wildman–Crippen MR) is 120 cm³/mol. The van der Waals surface area contributed by atoms with Crippen LogP contribution in [0.4, 0.5) is 0 Å². The van der Waals surface area contributed by atoms with Gasteiger partial charge in [0.2, 0.25) is 11.7 Å². The van der Waals surface area contributed by atoms with Gasteiger partial charge in [-0.3, -0.25) is 4.79 Å². The fourth-order valence-corrected chi connectivity index (χ4v) is 3.51. The van der Waals surface area contributed by atoms with Crippen molar-refractivity contribution in [3.63, 3.8) is 0 Å². The van der Waals surface area contributed by atoms with Gasteiger partial charge in [-0.1, -0.05) is 21.1 Å². The van der Waals surface area contributed by atoms with Crippen LogP contribution >= 0.6 is 15.9 Å². The molecule has 3 heterocycles. The maximum atomic E-state index is 13.0. The molecule has 9 nitrogen and oxygen atoms in total. The Bertz CT molecular complexity index is 1440. The number of hydrogen-bond donors (Lipinski definition) is 0. The van der Waals surface area contributed by atoms with Crippen molar-refractivity contribution in [2.45, 2.75) is 13.5 Å². The zero-order chi connectivity index (χ0) is 22.1. The number of benzene rings is 2. The average molecular weight is 493 g/mol. The van der Waals surface area contributed by atoms with Crippen LogP contribution in [0.25, 0.3) is 28.2 Å². The molecule has 2 aromatic carbocycles. The molecule has 0 aliphatic heterocycles. The van der Waals surface area contributed by atoms with Crippen molar-refractivity contribution >= 4 is 21.4 Å². The van der Waals surface area contributed by atoms with E-state index in [0.29, 0.717) is 23.6 Å². The second-order valence-electron chi connectivity index (χ2n) is 6.93. The van der Waals surface area contributed by atoms with Crippen LogP contribution in [0.5, 0.6) is 5.75 Å². The molecule has 5 aromatic rings. The first-order valence-electron chi connectivity index (χ1n) is 9.88. The SMILES string of the molecule is CCOc1ccc(-c2cc3c(=O)n(Cc4nc(-c5ccc(Br)cc5)no4)ncn3n2)cc1. The van der Waals surface area contributed by atoms with Gasteiger partial charge in [0.15, 0.2) is 0 Å². The molecule has 0 aliphatic rings. The number of hydrogen-bond acceptors (Lipinski definition) is 7. The van der Waals surface area contributed by atoms with Crippen LogP contribution in [-0.4, -0.2) is 36.1 Å². The summed E-state index contributed by atoms with van der Waals surface area (Å²) in [6.07, 6.45) is 1.49. The quantitative estimate of drug-likeness (QED) is 0.355. The summed E-state index contributed by atoms with van der Waals surface area (Å²) < 4.78 is 14.5. The van der Waals surface area contributed by atoms with Crippen LogP contribution in [0.3, 0.4) is 0 Å². The number of rotatable bonds is 6. The first-order chi connectivity index (χ1) is 15.6. The smallest absolute Gasteiger partial charge is 0.293 e. The topological polar surface area (TPSA) is 100 Å². The highest BCUT2D eigenvalue weighted by atomic mass is 79.9. The lowest BCUT2D eigenvalue weighted by Gasteiger charge is -2.02. The summed E-state index contributed by atoms with van der Waals surface area (Å²) in [6, 6.07) is 16.8. The number of ether oxygens (including phenoxy) is 1. The van der Waals surface area contributed by atoms with Crippen molar-refractivity contribution in [3.8, 4) is 28.4 Å². The normalized spacial score (nSPS) is 11.2. The number of fused-ring (bicyclic) bond motifs is 1. The Morgan fingerprint density at radius 1 is 1.06 bits per heavy atom. The number of aromatic nitrogens is 6. The van der Waals surface area contributed by atoms with Gasteiger partial charge in [0.25, 0.3) is 5.56 Å². The van der Waals surface area contributed by atoms with Gasteiger partial charge < -0.3 is 9.26 Å². The Balaban J connectivity index is 1.41. The number of nitrogens with zero attached hydrogens (tertiary/aromatic N) is 6. The minimum absolute atomic E-state index is 0.0580. The number of halogens is 1. The molecule has 0 bridgehead atoms. The van der Waals surface area contributed by atoms with Crippen molar-refractivity contribution < 1.29 is 9.26 Å². The Morgan fingerprint density at radius 2 is 1.81 bits per heavy atom. The Labute approximate surface area is 190 Å². The van der Waals surface area contributed by atoms with Gasteiger partial charge in [-0.2, -0.15) is 15.2 Å². The standard InChI is InChI=1S/C22H17BrN6O3/c1-2-31-17-9-5-14(6-10-17)18-11-19-22(30)28(24-13-29(19)26-18)12-20-25-21(27-32-20)15-3-7-16(23)8-4-15/h3-11,13H,2,12H2,1H3. The van der Waals surface area contributed by atoms with Gasteiger partial charge in [0, 0.05) is 15.6 Å². The third-order valence-corrected chi connectivity index (χ3v) is 5.33. The minimum atomic E-state index is -0.305. The lowest BCUT2D eigenvalue weighted by molar-refractivity contribution is 0.340. The second kappa shape index (κ2) is 8.39. The monoisotopic (exact) mass is 492 g/mol. The highest BCUT2D eigenvalue weighted by molar-refractivity contribution is 9.10. The van der Waals surface area contributed by atoms with E-state index < -0.39 is 0 Å². The van der Waals surface area contributed by atoms with E-state index in [-0.39, 0.29) is 18.0 Å². The second-order valence-corrected chi connectivity index (χ2v) is 7.84. The van der Waals surface area contributed by atoms with E-state index in [1.165, 1.54) is 15.5 Å². The van der Waals surface area contributed by atoms with Gasteiger partial charge >= 0.3 is 0 Å². The van der Waals surface area contributed by atoms with E-state index in [4.69, 9.17) is 9.26 Å². The van der Waals surface area contributed by atoms with Crippen LogP contribution in [0.2, 0.25) is 0 Å². The molecule has 0 saturated heterocycles. The summed E-state index contributed by atoms with van der Waals surface area (Å²) in [5, 5.41) is 12.7. The molecule has 0 saturated carbocycles.